The van der Waals surface area contributed by atoms with Crippen LogP contribution in [-0.4, -0.2) is 49.2 Å². The molecule has 0 amide bonds. The number of nitrogens with one attached hydrogen (secondary N) is 1. The maximum Gasteiger partial charge on any atom is 0.433 e. The highest BCUT2D eigenvalue weighted by atomic mass is 16.6. The van der Waals surface area contributed by atoms with Crippen LogP contribution >= 0.6 is 0 Å². The number of ether oxygens (including phenoxy) is 1. The highest BCUT2D eigenvalue weighted by Gasteiger charge is 2.35. The molecule has 20 heavy (non-hydrogen) atoms. The van der Waals surface area contributed by atoms with Gasteiger partial charge in [0.25, 0.3) is 0 Å². The topological polar surface area (TPSA) is 80.8 Å². The summed E-state index contributed by atoms with van der Waals surface area (Å²) in [5, 5.41) is 13.9. The molecular weight excluding hydrogens is 262 g/mol. The first-order valence-electron chi connectivity index (χ1n) is 6.91. The van der Waals surface area contributed by atoms with E-state index in [1.54, 1.807) is 6.07 Å². The van der Waals surface area contributed by atoms with Gasteiger partial charge in [0.15, 0.2) is 0 Å². The number of hydrogen-bond acceptors (Lipinski definition) is 6. The standard InChI is InChI=1S/C13H21N3O4/c1-3-6-15-7-8-19-11(9-14-2)13(15)10-4-5-12(20-10)16(17)18/h4-5,11,13-14H,3,6-9H2,1-2H3. The number of nitro groups is 1. The monoisotopic (exact) mass is 283 g/mol. The molecule has 0 aromatic carbocycles. The summed E-state index contributed by atoms with van der Waals surface area (Å²) in [7, 11) is 1.86. The zero-order valence-electron chi connectivity index (χ0n) is 11.9. The second-order valence-corrected chi connectivity index (χ2v) is 4.88. The quantitative estimate of drug-likeness (QED) is 0.630. The van der Waals surface area contributed by atoms with Crippen molar-refractivity contribution >= 4 is 5.88 Å². The Kier molecular flexibility index (Phi) is 5.11. The maximum atomic E-state index is 10.8. The van der Waals surface area contributed by atoms with E-state index in [4.69, 9.17) is 9.15 Å². The maximum absolute atomic E-state index is 10.8. The largest absolute Gasteiger partial charge is 0.433 e. The van der Waals surface area contributed by atoms with Crippen molar-refractivity contribution in [3.05, 3.63) is 28.0 Å². The first-order chi connectivity index (χ1) is 9.67. The molecule has 0 saturated carbocycles. The third-order valence-electron chi connectivity index (χ3n) is 3.46. The number of rotatable bonds is 6. The molecular formula is C13H21N3O4. The van der Waals surface area contributed by atoms with Gasteiger partial charge in [0.1, 0.15) is 10.7 Å². The summed E-state index contributed by atoms with van der Waals surface area (Å²) < 4.78 is 11.2. The Morgan fingerprint density at radius 1 is 1.55 bits per heavy atom. The molecule has 0 spiro atoms. The SMILES string of the molecule is CCCN1CCOC(CNC)C1c1ccc([N+](=O)[O-])o1. The lowest BCUT2D eigenvalue weighted by molar-refractivity contribution is -0.402. The highest BCUT2D eigenvalue weighted by Crippen LogP contribution is 2.32. The zero-order chi connectivity index (χ0) is 14.5. The van der Waals surface area contributed by atoms with Crippen LogP contribution < -0.4 is 5.32 Å². The van der Waals surface area contributed by atoms with E-state index in [9.17, 15) is 10.1 Å². The van der Waals surface area contributed by atoms with E-state index in [1.807, 2.05) is 7.05 Å². The average molecular weight is 283 g/mol. The van der Waals surface area contributed by atoms with Gasteiger partial charge >= 0.3 is 5.88 Å². The zero-order valence-corrected chi connectivity index (χ0v) is 11.9. The Hall–Kier alpha value is -1.44. The van der Waals surface area contributed by atoms with Crippen molar-refractivity contribution in [2.24, 2.45) is 0 Å². The molecule has 0 bridgehead atoms. The summed E-state index contributed by atoms with van der Waals surface area (Å²) in [4.78, 5) is 12.5. The average Bonchev–Trinajstić information content (AvgIpc) is 2.89. The second-order valence-electron chi connectivity index (χ2n) is 4.88. The van der Waals surface area contributed by atoms with Crippen molar-refractivity contribution in [1.82, 2.24) is 10.2 Å². The third-order valence-corrected chi connectivity index (χ3v) is 3.46. The molecule has 2 rings (SSSR count). The van der Waals surface area contributed by atoms with E-state index >= 15 is 0 Å². The smallest absolute Gasteiger partial charge is 0.404 e. The van der Waals surface area contributed by atoms with Gasteiger partial charge in [-0.2, -0.15) is 0 Å². The Morgan fingerprint density at radius 2 is 2.35 bits per heavy atom. The van der Waals surface area contributed by atoms with Gasteiger partial charge in [-0.1, -0.05) is 6.92 Å². The predicted octanol–water partition coefficient (Wildman–Crippen LogP) is 1.56. The van der Waals surface area contributed by atoms with Gasteiger partial charge in [-0.25, -0.2) is 0 Å². The van der Waals surface area contributed by atoms with Gasteiger partial charge in [0.2, 0.25) is 0 Å². The van der Waals surface area contributed by atoms with Crippen LogP contribution in [0.1, 0.15) is 25.1 Å². The fraction of sp³-hybridized carbons (Fsp3) is 0.692. The number of morpholine rings is 1. The van der Waals surface area contributed by atoms with Crippen LogP contribution in [0.3, 0.4) is 0 Å². The molecule has 1 aliphatic rings. The normalized spacial score (nSPS) is 23.9. The van der Waals surface area contributed by atoms with E-state index in [0.29, 0.717) is 18.9 Å². The fourth-order valence-electron chi connectivity index (χ4n) is 2.66. The number of likely N-dealkylation sites (N-methyl/N-ethyl adjacent to an activating group) is 1. The minimum Gasteiger partial charge on any atom is -0.404 e. The van der Waals surface area contributed by atoms with Crippen LogP contribution in [0.25, 0.3) is 0 Å². The molecule has 7 nitrogen and oxygen atoms in total. The molecule has 2 unspecified atom stereocenters. The molecule has 1 N–H and O–H groups in total. The van der Waals surface area contributed by atoms with Crippen LogP contribution in [0.2, 0.25) is 0 Å². The number of furan rings is 1. The molecule has 112 valence electrons. The second kappa shape index (κ2) is 6.83. The molecule has 1 aromatic rings. The van der Waals surface area contributed by atoms with Crippen molar-refractivity contribution in [3.8, 4) is 0 Å². The van der Waals surface area contributed by atoms with Crippen molar-refractivity contribution in [2.45, 2.75) is 25.5 Å². The molecule has 0 aliphatic carbocycles. The van der Waals surface area contributed by atoms with Gasteiger partial charge in [0, 0.05) is 13.1 Å². The van der Waals surface area contributed by atoms with E-state index in [2.05, 4.69) is 17.1 Å². The fourth-order valence-corrected chi connectivity index (χ4v) is 2.66. The molecule has 0 radical (unpaired) electrons. The highest BCUT2D eigenvalue weighted by molar-refractivity contribution is 5.21. The summed E-state index contributed by atoms with van der Waals surface area (Å²) in [6.07, 6.45) is 0.956. The van der Waals surface area contributed by atoms with E-state index in [-0.39, 0.29) is 18.0 Å². The van der Waals surface area contributed by atoms with Crippen molar-refractivity contribution < 1.29 is 14.1 Å². The Morgan fingerprint density at radius 3 is 2.95 bits per heavy atom. The molecule has 1 aliphatic heterocycles. The molecule has 7 heteroatoms. The minimum absolute atomic E-state index is 0.0638. The summed E-state index contributed by atoms with van der Waals surface area (Å²) in [5.41, 5.74) is 0. The van der Waals surface area contributed by atoms with E-state index < -0.39 is 4.92 Å². The summed E-state index contributed by atoms with van der Waals surface area (Å²) in [6, 6.07) is 3.01. The number of nitrogens with zero attached hydrogens (tertiary/aromatic N) is 2. The van der Waals surface area contributed by atoms with Gasteiger partial charge < -0.3 is 14.5 Å². The van der Waals surface area contributed by atoms with Crippen LogP contribution in [0.15, 0.2) is 16.5 Å². The molecule has 1 saturated heterocycles. The first-order valence-corrected chi connectivity index (χ1v) is 6.91. The summed E-state index contributed by atoms with van der Waals surface area (Å²) >= 11 is 0. The Labute approximate surface area is 118 Å². The Balaban J connectivity index is 2.24. The van der Waals surface area contributed by atoms with Crippen LogP contribution in [0.4, 0.5) is 5.88 Å². The lowest BCUT2D eigenvalue weighted by Gasteiger charge is -2.39. The summed E-state index contributed by atoms with van der Waals surface area (Å²) in [5.74, 6) is 0.385. The third kappa shape index (κ3) is 3.17. The number of hydrogen-bond donors (Lipinski definition) is 1. The van der Waals surface area contributed by atoms with Crippen LogP contribution in [-0.2, 0) is 4.74 Å². The van der Waals surface area contributed by atoms with E-state index in [0.717, 1.165) is 19.5 Å². The van der Waals surface area contributed by atoms with Gasteiger partial charge in [-0.3, -0.25) is 15.0 Å². The van der Waals surface area contributed by atoms with Crippen molar-refractivity contribution in [2.75, 3.05) is 33.3 Å². The molecule has 1 aromatic heterocycles. The van der Waals surface area contributed by atoms with Crippen molar-refractivity contribution in [3.63, 3.8) is 0 Å². The lowest BCUT2D eigenvalue weighted by atomic mass is 10.0. The van der Waals surface area contributed by atoms with Gasteiger partial charge in [0.05, 0.1) is 24.8 Å². The van der Waals surface area contributed by atoms with Crippen molar-refractivity contribution in [1.29, 1.82) is 0 Å². The van der Waals surface area contributed by atoms with Crippen LogP contribution in [0, 0.1) is 10.1 Å². The Bertz CT molecular complexity index is 431. The molecule has 2 atom stereocenters. The van der Waals surface area contributed by atoms with Gasteiger partial charge in [-0.05, 0) is 26.1 Å². The molecule has 1 fully saturated rings. The summed E-state index contributed by atoms with van der Waals surface area (Å²) in [6.45, 7) is 5.20. The van der Waals surface area contributed by atoms with Gasteiger partial charge in [-0.15, -0.1) is 0 Å². The minimum atomic E-state index is -0.510. The lowest BCUT2D eigenvalue weighted by Crippen LogP contribution is -2.48. The van der Waals surface area contributed by atoms with E-state index in [1.165, 1.54) is 6.07 Å². The molecule has 2 heterocycles. The predicted molar refractivity (Wildman–Crippen MR) is 73.6 cm³/mol. The van der Waals surface area contributed by atoms with Crippen LogP contribution in [0.5, 0.6) is 0 Å². The first kappa shape index (κ1) is 15.0.